The molecule has 0 aromatic carbocycles. The van der Waals surface area contributed by atoms with Crippen LogP contribution in [0.1, 0.15) is 26.7 Å². The molecule has 1 aromatic rings. The molecule has 1 saturated heterocycles. The number of likely N-dealkylation sites (N-methyl/N-ethyl adjacent to an activating group) is 1. The van der Waals surface area contributed by atoms with Crippen LogP contribution < -0.4 is 20.9 Å². The zero-order valence-electron chi connectivity index (χ0n) is 13.0. The Morgan fingerprint density at radius 1 is 1.29 bits per heavy atom. The summed E-state index contributed by atoms with van der Waals surface area (Å²) < 4.78 is 5.51. The van der Waals surface area contributed by atoms with E-state index in [1.807, 2.05) is 6.92 Å². The highest BCUT2D eigenvalue weighted by Crippen LogP contribution is 2.19. The topological polar surface area (TPSA) is 92.4 Å². The van der Waals surface area contributed by atoms with Gasteiger partial charge in [0.25, 0.3) is 0 Å². The molecule has 0 spiro atoms. The normalized spacial score (nSPS) is 19.6. The van der Waals surface area contributed by atoms with Crippen molar-refractivity contribution in [3.05, 3.63) is 0 Å². The highest BCUT2D eigenvalue weighted by Gasteiger charge is 2.25. The quantitative estimate of drug-likeness (QED) is 0.578. The van der Waals surface area contributed by atoms with E-state index >= 15 is 0 Å². The van der Waals surface area contributed by atoms with Crippen molar-refractivity contribution >= 4 is 11.9 Å². The Morgan fingerprint density at radius 2 is 2.10 bits per heavy atom. The minimum absolute atomic E-state index is 0.321. The average Bonchev–Trinajstić information content (AvgIpc) is 2.53. The Balaban J connectivity index is 2.17. The van der Waals surface area contributed by atoms with Crippen molar-refractivity contribution in [2.24, 2.45) is 5.84 Å². The third kappa shape index (κ3) is 3.92. The summed E-state index contributed by atoms with van der Waals surface area (Å²) in [5.41, 5.74) is 2.48. The third-order valence-electron chi connectivity index (χ3n) is 3.70. The number of piperazine rings is 1. The molecule has 0 saturated carbocycles. The first-order chi connectivity index (χ1) is 10.2. The summed E-state index contributed by atoms with van der Waals surface area (Å²) in [6.45, 7) is 7.58. The monoisotopic (exact) mass is 295 g/mol. The molecule has 0 aliphatic carbocycles. The van der Waals surface area contributed by atoms with Crippen molar-refractivity contribution < 1.29 is 4.74 Å². The van der Waals surface area contributed by atoms with Crippen LogP contribution in [-0.2, 0) is 0 Å². The van der Waals surface area contributed by atoms with Gasteiger partial charge in [0.05, 0.1) is 6.61 Å². The number of nitrogen functional groups attached to an aromatic ring is 1. The number of hydrogen-bond acceptors (Lipinski definition) is 8. The molecule has 118 valence electrons. The van der Waals surface area contributed by atoms with Crippen molar-refractivity contribution in [2.45, 2.75) is 32.7 Å². The van der Waals surface area contributed by atoms with Crippen molar-refractivity contribution in [1.82, 2.24) is 19.9 Å². The number of nitrogens with two attached hydrogens (primary N) is 1. The molecular formula is C13H25N7O. The predicted octanol–water partition coefficient (Wildman–Crippen LogP) is 0.476. The second kappa shape index (κ2) is 7.37. The molecular weight excluding hydrogens is 270 g/mol. The first-order valence-corrected chi connectivity index (χ1v) is 7.48. The van der Waals surface area contributed by atoms with E-state index in [9.17, 15) is 0 Å². The molecule has 1 aliphatic rings. The van der Waals surface area contributed by atoms with Gasteiger partial charge in [-0.25, -0.2) is 5.84 Å². The summed E-state index contributed by atoms with van der Waals surface area (Å²) in [4.78, 5) is 17.4. The Kier molecular flexibility index (Phi) is 5.51. The maximum atomic E-state index is 5.51. The molecule has 1 fully saturated rings. The summed E-state index contributed by atoms with van der Waals surface area (Å²) in [6, 6.07) is 0.826. The van der Waals surface area contributed by atoms with Gasteiger partial charge in [0.2, 0.25) is 11.9 Å². The highest BCUT2D eigenvalue weighted by atomic mass is 16.5. The molecule has 0 bridgehead atoms. The van der Waals surface area contributed by atoms with Crippen LogP contribution in [0, 0.1) is 0 Å². The van der Waals surface area contributed by atoms with Crippen LogP contribution in [0.25, 0.3) is 0 Å². The van der Waals surface area contributed by atoms with Crippen LogP contribution in [0.3, 0.4) is 0 Å². The van der Waals surface area contributed by atoms with Crippen LogP contribution in [-0.4, -0.2) is 59.2 Å². The maximum Gasteiger partial charge on any atom is 0.323 e. The fraction of sp³-hybridized carbons (Fsp3) is 0.769. The smallest absolute Gasteiger partial charge is 0.323 e. The van der Waals surface area contributed by atoms with E-state index < -0.39 is 0 Å². The lowest BCUT2D eigenvalue weighted by atomic mass is 10.1. The summed E-state index contributed by atoms with van der Waals surface area (Å²) in [5.74, 6) is 6.39. The zero-order valence-corrected chi connectivity index (χ0v) is 13.0. The van der Waals surface area contributed by atoms with Crippen molar-refractivity contribution in [3.8, 4) is 6.01 Å². The standard InChI is InChI=1S/C13H25N7O/c1-4-8-21-13-16-11(18-14)15-12(17-13)20-7-6-19(3)10(5-2)9-20/h10H,4-9,14H2,1-3H3,(H,15,16,17,18). The molecule has 2 rings (SSSR count). The van der Waals surface area contributed by atoms with E-state index in [2.05, 4.69) is 44.1 Å². The van der Waals surface area contributed by atoms with Gasteiger partial charge in [0.15, 0.2) is 0 Å². The Bertz CT molecular complexity index is 456. The summed E-state index contributed by atoms with van der Waals surface area (Å²) >= 11 is 0. The van der Waals surface area contributed by atoms with Gasteiger partial charge in [0.1, 0.15) is 0 Å². The lowest BCUT2D eigenvalue weighted by Gasteiger charge is -2.39. The molecule has 8 nitrogen and oxygen atoms in total. The van der Waals surface area contributed by atoms with Gasteiger partial charge in [-0.05, 0) is 19.9 Å². The Labute approximate surface area is 125 Å². The highest BCUT2D eigenvalue weighted by molar-refractivity contribution is 5.38. The molecule has 0 radical (unpaired) electrons. The number of nitrogens with one attached hydrogen (secondary N) is 1. The fourth-order valence-electron chi connectivity index (χ4n) is 2.38. The molecule has 3 N–H and O–H groups in total. The van der Waals surface area contributed by atoms with Gasteiger partial charge in [0, 0.05) is 25.7 Å². The largest absolute Gasteiger partial charge is 0.463 e. The van der Waals surface area contributed by atoms with Gasteiger partial charge in [-0.2, -0.15) is 15.0 Å². The van der Waals surface area contributed by atoms with Crippen molar-refractivity contribution in [3.63, 3.8) is 0 Å². The van der Waals surface area contributed by atoms with Crippen molar-refractivity contribution in [2.75, 3.05) is 43.6 Å². The van der Waals surface area contributed by atoms with E-state index in [1.165, 1.54) is 0 Å². The summed E-state index contributed by atoms with van der Waals surface area (Å²) in [5, 5.41) is 0. The zero-order chi connectivity index (χ0) is 15.2. The fourth-order valence-corrected chi connectivity index (χ4v) is 2.38. The van der Waals surface area contributed by atoms with E-state index in [4.69, 9.17) is 10.6 Å². The van der Waals surface area contributed by atoms with Crippen LogP contribution >= 0.6 is 0 Å². The number of hydrazine groups is 1. The van der Waals surface area contributed by atoms with Crippen LogP contribution in [0.2, 0.25) is 0 Å². The molecule has 2 heterocycles. The Hall–Kier alpha value is -1.67. The van der Waals surface area contributed by atoms with Crippen molar-refractivity contribution in [1.29, 1.82) is 0 Å². The molecule has 1 unspecified atom stereocenters. The molecule has 21 heavy (non-hydrogen) atoms. The molecule has 1 atom stereocenters. The number of ether oxygens (including phenoxy) is 1. The Morgan fingerprint density at radius 3 is 2.76 bits per heavy atom. The van der Waals surface area contributed by atoms with Gasteiger partial charge in [-0.15, -0.1) is 0 Å². The third-order valence-corrected chi connectivity index (χ3v) is 3.70. The number of hydrogen-bond donors (Lipinski definition) is 2. The lowest BCUT2D eigenvalue weighted by Crippen LogP contribution is -2.51. The molecule has 1 aromatic heterocycles. The first-order valence-electron chi connectivity index (χ1n) is 7.48. The summed E-state index contributed by atoms with van der Waals surface area (Å²) in [6.07, 6.45) is 2.00. The van der Waals surface area contributed by atoms with Crippen LogP contribution in [0.5, 0.6) is 6.01 Å². The molecule has 0 amide bonds. The van der Waals surface area contributed by atoms with Gasteiger partial charge in [-0.1, -0.05) is 13.8 Å². The van der Waals surface area contributed by atoms with Crippen LogP contribution in [0.4, 0.5) is 11.9 Å². The lowest BCUT2D eigenvalue weighted by molar-refractivity contribution is 0.211. The maximum absolute atomic E-state index is 5.51. The van der Waals surface area contributed by atoms with E-state index in [0.29, 0.717) is 30.6 Å². The number of aromatic nitrogens is 3. The van der Waals surface area contributed by atoms with Gasteiger partial charge >= 0.3 is 6.01 Å². The van der Waals surface area contributed by atoms with Gasteiger partial charge in [-0.3, -0.25) is 10.3 Å². The SMILES string of the molecule is CCCOc1nc(NN)nc(N2CCN(C)C(CC)C2)n1. The average molecular weight is 295 g/mol. The first kappa shape index (κ1) is 15.7. The summed E-state index contributed by atoms with van der Waals surface area (Å²) in [7, 11) is 2.15. The number of anilines is 2. The molecule has 1 aliphatic heterocycles. The predicted molar refractivity (Wildman–Crippen MR) is 82.3 cm³/mol. The van der Waals surface area contributed by atoms with E-state index in [0.717, 1.165) is 32.5 Å². The molecule has 8 heteroatoms. The minimum Gasteiger partial charge on any atom is -0.463 e. The number of rotatable bonds is 6. The number of nitrogens with zero attached hydrogens (tertiary/aromatic N) is 5. The van der Waals surface area contributed by atoms with Crippen LogP contribution in [0.15, 0.2) is 0 Å². The van der Waals surface area contributed by atoms with E-state index in [-0.39, 0.29) is 0 Å². The second-order valence-corrected chi connectivity index (χ2v) is 5.22. The van der Waals surface area contributed by atoms with E-state index in [1.54, 1.807) is 0 Å². The van der Waals surface area contributed by atoms with Gasteiger partial charge < -0.3 is 9.64 Å². The second-order valence-electron chi connectivity index (χ2n) is 5.22. The minimum atomic E-state index is 0.321.